The first-order chi connectivity index (χ1) is 12.0. The van der Waals surface area contributed by atoms with Crippen LogP contribution in [0.3, 0.4) is 0 Å². The van der Waals surface area contributed by atoms with Crippen LogP contribution in [0.4, 0.5) is 0 Å². The third kappa shape index (κ3) is 4.01. The lowest BCUT2D eigenvalue weighted by Crippen LogP contribution is -2.10. The van der Waals surface area contributed by atoms with Crippen LogP contribution in [0.25, 0.3) is 11.4 Å². The van der Waals surface area contributed by atoms with Crippen molar-refractivity contribution in [3.8, 4) is 17.1 Å². The Labute approximate surface area is 145 Å². The van der Waals surface area contributed by atoms with Gasteiger partial charge in [-0.2, -0.15) is 0 Å². The average molecular weight is 334 g/mol. The molecule has 0 bridgehead atoms. The van der Waals surface area contributed by atoms with Gasteiger partial charge in [-0.05, 0) is 43.2 Å². The van der Waals surface area contributed by atoms with E-state index in [1.807, 2.05) is 12.1 Å². The van der Waals surface area contributed by atoms with Crippen LogP contribution >= 0.6 is 0 Å². The Morgan fingerprint density at radius 2 is 1.88 bits per heavy atom. The summed E-state index contributed by atoms with van der Waals surface area (Å²) in [5.41, 5.74) is 2.73. The predicted molar refractivity (Wildman–Crippen MR) is 95.8 cm³/mol. The highest BCUT2D eigenvalue weighted by Crippen LogP contribution is 2.21. The van der Waals surface area contributed by atoms with E-state index in [4.69, 9.17) is 4.74 Å². The maximum absolute atomic E-state index is 12.3. The number of H-pyrrole nitrogens is 1. The molecule has 3 aromatic rings. The molecule has 0 radical (unpaired) electrons. The minimum atomic E-state index is -0.425. The lowest BCUT2D eigenvalue weighted by molar-refractivity contribution is 0.0735. The lowest BCUT2D eigenvalue weighted by atomic mass is 10.1. The molecule has 1 aromatic heterocycles. The number of aryl methyl sites for hydroxylation is 2. The van der Waals surface area contributed by atoms with Crippen molar-refractivity contribution in [2.24, 2.45) is 0 Å². The maximum Gasteiger partial charge on any atom is 0.343 e. The van der Waals surface area contributed by atoms with Gasteiger partial charge >= 0.3 is 5.97 Å². The third-order valence-corrected chi connectivity index (χ3v) is 3.79. The second-order valence-corrected chi connectivity index (χ2v) is 5.70. The SMILES string of the molecule is CCc1ccc(C(=O)Oc2cccc(-c3nc(C)cc(=O)[nH]3)c2)cc1. The van der Waals surface area contributed by atoms with Gasteiger partial charge in [0, 0.05) is 17.3 Å². The summed E-state index contributed by atoms with van der Waals surface area (Å²) >= 11 is 0. The number of aromatic amines is 1. The molecule has 0 atom stereocenters. The van der Waals surface area contributed by atoms with Crippen LogP contribution in [-0.4, -0.2) is 15.9 Å². The molecule has 5 nitrogen and oxygen atoms in total. The fourth-order valence-electron chi connectivity index (χ4n) is 2.47. The van der Waals surface area contributed by atoms with Crippen LogP contribution in [0.5, 0.6) is 5.75 Å². The van der Waals surface area contributed by atoms with E-state index in [1.54, 1.807) is 43.3 Å². The summed E-state index contributed by atoms with van der Waals surface area (Å²) in [6.07, 6.45) is 0.916. The molecule has 5 heteroatoms. The van der Waals surface area contributed by atoms with Gasteiger partial charge in [-0.1, -0.05) is 31.2 Å². The maximum atomic E-state index is 12.3. The average Bonchev–Trinajstić information content (AvgIpc) is 2.61. The fraction of sp³-hybridized carbons (Fsp3) is 0.150. The summed E-state index contributed by atoms with van der Waals surface area (Å²) in [5.74, 6) is 0.409. The first-order valence-electron chi connectivity index (χ1n) is 8.04. The number of ether oxygens (including phenoxy) is 1. The Hall–Kier alpha value is -3.21. The molecule has 0 unspecified atom stereocenters. The van der Waals surface area contributed by atoms with Crippen molar-refractivity contribution in [1.82, 2.24) is 9.97 Å². The van der Waals surface area contributed by atoms with E-state index in [0.29, 0.717) is 28.4 Å². The Morgan fingerprint density at radius 1 is 1.12 bits per heavy atom. The van der Waals surface area contributed by atoms with Crippen molar-refractivity contribution in [1.29, 1.82) is 0 Å². The van der Waals surface area contributed by atoms with Crippen LogP contribution in [0.15, 0.2) is 59.4 Å². The molecule has 0 saturated heterocycles. The molecule has 0 aliphatic carbocycles. The second-order valence-electron chi connectivity index (χ2n) is 5.70. The van der Waals surface area contributed by atoms with E-state index in [-0.39, 0.29) is 5.56 Å². The molecular formula is C20H18N2O3. The highest BCUT2D eigenvalue weighted by Gasteiger charge is 2.10. The zero-order chi connectivity index (χ0) is 17.8. The highest BCUT2D eigenvalue weighted by atomic mass is 16.5. The normalized spacial score (nSPS) is 10.5. The molecule has 2 aromatic carbocycles. The van der Waals surface area contributed by atoms with E-state index in [1.165, 1.54) is 6.07 Å². The van der Waals surface area contributed by atoms with E-state index in [9.17, 15) is 9.59 Å². The Kier molecular flexibility index (Phi) is 4.75. The molecule has 0 fully saturated rings. The summed E-state index contributed by atoms with van der Waals surface area (Å²) in [7, 11) is 0. The number of hydrogen-bond donors (Lipinski definition) is 1. The zero-order valence-electron chi connectivity index (χ0n) is 14.1. The van der Waals surface area contributed by atoms with Gasteiger partial charge in [0.25, 0.3) is 5.56 Å². The summed E-state index contributed by atoms with van der Waals surface area (Å²) < 4.78 is 5.44. The van der Waals surface area contributed by atoms with Gasteiger partial charge in [0.1, 0.15) is 11.6 Å². The van der Waals surface area contributed by atoms with Crippen LogP contribution in [0.1, 0.15) is 28.5 Å². The van der Waals surface area contributed by atoms with Crippen LogP contribution in [-0.2, 0) is 6.42 Å². The quantitative estimate of drug-likeness (QED) is 0.585. The molecule has 0 saturated carbocycles. The number of benzene rings is 2. The van der Waals surface area contributed by atoms with Crippen molar-refractivity contribution in [3.63, 3.8) is 0 Å². The van der Waals surface area contributed by atoms with E-state index < -0.39 is 5.97 Å². The zero-order valence-corrected chi connectivity index (χ0v) is 14.1. The summed E-state index contributed by atoms with van der Waals surface area (Å²) in [5, 5.41) is 0. The van der Waals surface area contributed by atoms with Gasteiger partial charge in [-0.15, -0.1) is 0 Å². The van der Waals surface area contributed by atoms with Gasteiger partial charge in [-0.3, -0.25) is 4.79 Å². The van der Waals surface area contributed by atoms with Crippen molar-refractivity contribution in [2.75, 3.05) is 0 Å². The topological polar surface area (TPSA) is 72.0 Å². The molecular weight excluding hydrogens is 316 g/mol. The predicted octanol–water partition coefficient (Wildman–Crippen LogP) is 3.53. The van der Waals surface area contributed by atoms with Crippen molar-refractivity contribution < 1.29 is 9.53 Å². The molecule has 1 heterocycles. The van der Waals surface area contributed by atoms with E-state index in [2.05, 4.69) is 16.9 Å². The molecule has 3 rings (SSSR count). The number of nitrogens with zero attached hydrogens (tertiary/aromatic N) is 1. The van der Waals surface area contributed by atoms with Gasteiger partial charge in [0.15, 0.2) is 0 Å². The molecule has 25 heavy (non-hydrogen) atoms. The second kappa shape index (κ2) is 7.13. The molecule has 126 valence electrons. The number of hydrogen-bond acceptors (Lipinski definition) is 4. The van der Waals surface area contributed by atoms with Crippen LogP contribution in [0, 0.1) is 6.92 Å². The Bertz CT molecular complexity index is 959. The number of carbonyl (C=O) groups excluding carboxylic acids is 1. The van der Waals surface area contributed by atoms with Gasteiger partial charge in [0.05, 0.1) is 5.56 Å². The molecule has 0 amide bonds. The lowest BCUT2D eigenvalue weighted by Gasteiger charge is -2.07. The summed E-state index contributed by atoms with van der Waals surface area (Å²) in [4.78, 5) is 30.9. The third-order valence-electron chi connectivity index (χ3n) is 3.79. The smallest absolute Gasteiger partial charge is 0.343 e. The summed E-state index contributed by atoms with van der Waals surface area (Å²) in [6, 6.07) is 15.7. The number of nitrogens with one attached hydrogen (secondary N) is 1. The van der Waals surface area contributed by atoms with Crippen LogP contribution < -0.4 is 10.3 Å². The van der Waals surface area contributed by atoms with Gasteiger partial charge in [0.2, 0.25) is 0 Å². The largest absolute Gasteiger partial charge is 0.423 e. The summed E-state index contributed by atoms with van der Waals surface area (Å²) in [6.45, 7) is 3.81. The molecule has 0 spiro atoms. The van der Waals surface area contributed by atoms with Crippen molar-refractivity contribution >= 4 is 5.97 Å². The molecule has 0 aliphatic rings. The van der Waals surface area contributed by atoms with Crippen molar-refractivity contribution in [3.05, 3.63) is 81.8 Å². The Balaban J connectivity index is 1.83. The Morgan fingerprint density at radius 3 is 2.56 bits per heavy atom. The molecule has 0 aliphatic heterocycles. The number of esters is 1. The number of aromatic nitrogens is 2. The number of carbonyl (C=O) groups is 1. The standard InChI is InChI=1S/C20H18N2O3/c1-3-14-7-9-15(10-8-14)20(24)25-17-6-4-5-16(12-17)19-21-13(2)11-18(23)22-19/h4-12H,3H2,1-2H3,(H,21,22,23). The van der Waals surface area contributed by atoms with Crippen molar-refractivity contribution in [2.45, 2.75) is 20.3 Å². The van der Waals surface area contributed by atoms with E-state index in [0.717, 1.165) is 12.0 Å². The minimum Gasteiger partial charge on any atom is -0.423 e. The monoisotopic (exact) mass is 334 g/mol. The first kappa shape index (κ1) is 16.6. The minimum absolute atomic E-state index is 0.221. The number of rotatable bonds is 4. The highest BCUT2D eigenvalue weighted by molar-refractivity contribution is 5.91. The fourth-order valence-corrected chi connectivity index (χ4v) is 2.47. The van der Waals surface area contributed by atoms with E-state index >= 15 is 0 Å². The van der Waals surface area contributed by atoms with Gasteiger partial charge < -0.3 is 9.72 Å². The molecule has 1 N–H and O–H groups in total. The van der Waals surface area contributed by atoms with Crippen LogP contribution in [0.2, 0.25) is 0 Å². The van der Waals surface area contributed by atoms with Gasteiger partial charge in [-0.25, -0.2) is 9.78 Å². The first-order valence-corrected chi connectivity index (χ1v) is 8.04.